The highest BCUT2D eigenvalue weighted by Gasteiger charge is 2.07. The number of aromatic amines is 1. The minimum atomic E-state index is -0.253. The van der Waals surface area contributed by atoms with Crippen LogP contribution in [0.5, 0.6) is 5.75 Å². The molecule has 0 fully saturated rings. The maximum Gasteiger partial charge on any atom is 0.250 e. The first-order chi connectivity index (χ1) is 13.2. The van der Waals surface area contributed by atoms with E-state index in [0.29, 0.717) is 10.7 Å². The Hall–Kier alpha value is -3.32. The molecule has 1 amide bonds. The second kappa shape index (κ2) is 7.51. The zero-order valence-electron chi connectivity index (χ0n) is 14.2. The summed E-state index contributed by atoms with van der Waals surface area (Å²) in [5, 5.41) is 16.6. The number of H-pyrrole nitrogens is 1. The Balaban J connectivity index is 1.40. The maximum atomic E-state index is 12.0. The van der Waals surface area contributed by atoms with Gasteiger partial charge in [-0.25, -0.2) is 10.4 Å². The number of carbonyl (C=O) groups excluding carboxylic acids is 1. The zero-order chi connectivity index (χ0) is 18.6. The molecule has 3 N–H and O–H groups in total. The fourth-order valence-corrected chi connectivity index (χ4v) is 3.43. The van der Waals surface area contributed by atoms with E-state index in [1.165, 1.54) is 18.0 Å². The first-order valence-electron chi connectivity index (χ1n) is 8.31. The summed E-state index contributed by atoms with van der Waals surface area (Å²) in [5.74, 6) is 0.0402. The third-order valence-electron chi connectivity index (χ3n) is 4.04. The molecule has 0 radical (unpaired) electrons. The van der Waals surface area contributed by atoms with Crippen LogP contribution in [0, 0.1) is 0 Å². The van der Waals surface area contributed by atoms with Crippen LogP contribution < -0.4 is 5.43 Å². The maximum absolute atomic E-state index is 12.0. The minimum Gasteiger partial charge on any atom is -0.507 e. The molecule has 0 saturated carbocycles. The van der Waals surface area contributed by atoms with Gasteiger partial charge < -0.3 is 10.1 Å². The molecule has 0 aliphatic rings. The lowest BCUT2D eigenvalue weighted by molar-refractivity contribution is -0.118. The monoisotopic (exact) mass is 376 g/mol. The highest BCUT2D eigenvalue weighted by Crippen LogP contribution is 2.25. The number of phenols is 1. The fourth-order valence-electron chi connectivity index (χ4n) is 2.75. The van der Waals surface area contributed by atoms with Gasteiger partial charge in [-0.2, -0.15) is 5.10 Å². The van der Waals surface area contributed by atoms with Gasteiger partial charge in [-0.05, 0) is 29.0 Å². The summed E-state index contributed by atoms with van der Waals surface area (Å²) in [6.45, 7) is 0. The quantitative estimate of drug-likeness (QED) is 0.282. The molecular formula is C20H16N4O2S. The smallest absolute Gasteiger partial charge is 0.250 e. The van der Waals surface area contributed by atoms with E-state index in [0.717, 1.165) is 21.8 Å². The van der Waals surface area contributed by atoms with Crippen LogP contribution in [0.4, 0.5) is 0 Å². The average Bonchev–Trinajstić information content (AvgIpc) is 3.11. The Kier molecular flexibility index (Phi) is 4.76. The van der Waals surface area contributed by atoms with Gasteiger partial charge in [0.15, 0.2) is 5.16 Å². The molecule has 6 nitrogen and oxygen atoms in total. The van der Waals surface area contributed by atoms with Gasteiger partial charge in [-0.1, -0.05) is 54.2 Å². The van der Waals surface area contributed by atoms with Crippen molar-refractivity contribution in [2.24, 2.45) is 5.10 Å². The van der Waals surface area contributed by atoms with Crippen LogP contribution in [0.25, 0.3) is 21.8 Å². The number of phenolic OH excluding ortho intramolecular Hbond substituents is 1. The van der Waals surface area contributed by atoms with Crippen LogP contribution in [0.3, 0.4) is 0 Å². The zero-order valence-corrected chi connectivity index (χ0v) is 15.0. The summed E-state index contributed by atoms with van der Waals surface area (Å²) in [6, 6.07) is 18.8. The second-order valence-electron chi connectivity index (χ2n) is 5.86. The van der Waals surface area contributed by atoms with Crippen molar-refractivity contribution in [1.82, 2.24) is 15.4 Å². The molecule has 4 aromatic rings. The van der Waals surface area contributed by atoms with Crippen LogP contribution in [0.2, 0.25) is 0 Å². The lowest BCUT2D eigenvalue weighted by atomic mass is 10.0. The standard InChI is InChI=1S/C20H16N4O2S/c25-18-10-9-13-5-1-2-6-14(13)15(18)11-21-24-19(26)12-27-20-22-16-7-3-4-8-17(16)23-20/h1-11,25H,12H2,(H,22,23)(H,24,26). The SMILES string of the molecule is O=C(CSc1nc2ccccc2[nH]1)NN=Cc1c(O)ccc2ccccc12. The third kappa shape index (κ3) is 3.78. The van der Waals surface area contributed by atoms with Gasteiger partial charge in [-0.3, -0.25) is 4.79 Å². The number of fused-ring (bicyclic) bond motifs is 2. The first kappa shape index (κ1) is 17.1. The fraction of sp³-hybridized carbons (Fsp3) is 0.0500. The number of rotatable bonds is 5. The summed E-state index contributed by atoms with van der Waals surface area (Å²) in [4.78, 5) is 19.6. The number of nitrogens with zero attached hydrogens (tertiary/aromatic N) is 2. The molecule has 7 heteroatoms. The topological polar surface area (TPSA) is 90.4 Å². The van der Waals surface area contributed by atoms with E-state index in [4.69, 9.17) is 0 Å². The van der Waals surface area contributed by atoms with Crippen LogP contribution >= 0.6 is 11.8 Å². The van der Waals surface area contributed by atoms with Crippen molar-refractivity contribution in [3.05, 3.63) is 66.2 Å². The highest BCUT2D eigenvalue weighted by atomic mass is 32.2. The average molecular weight is 376 g/mol. The van der Waals surface area contributed by atoms with E-state index in [-0.39, 0.29) is 17.4 Å². The Morgan fingerprint density at radius 3 is 2.85 bits per heavy atom. The van der Waals surface area contributed by atoms with Gasteiger partial charge in [0.05, 0.1) is 23.0 Å². The molecule has 0 saturated heterocycles. The van der Waals surface area contributed by atoms with Crippen molar-refractivity contribution >= 4 is 45.7 Å². The molecule has 0 bridgehead atoms. The number of hydrogen-bond acceptors (Lipinski definition) is 5. The van der Waals surface area contributed by atoms with Crippen molar-refractivity contribution in [1.29, 1.82) is 0 Å². The Morgan fingerprint density at radius 2 is 1.96 bits per heavy atom. The van der Waals surface area contributed by atoms with Gasteiger partial charge in [0.1, 0.15) is 5.75 Å². The van der Waals surface area contributed by atoms with E-state index >= 15 is 0 Å². The van der Waals surface area contributed by atoms with Gasteiger partial charge in [-0.15, -0.1) is 0 Å². The minimum absolute atomic E-state index is 0.114. The van der Waals surface area contributed by atoms with Crippen LogP contribution in [0.1, 0.15) is 5.56 Å². The number of hydrogen-bond donors (Lipinski definition) is 3. The van der Waals surface area contributed by atoms with Gasteiger partial charge in [0, 0.05) is 5.56 Å². The number of nitrogens with one attached hydrogen (secondary N) is 2. The van der Waals surface area contributed by atoms with Gasteiger partial charge >= 0.3 is 0 Å². The first-order valence-corrected chi connectivity index (χ1v) is 9.29. The number of benzene rings is 3. The number of thioether (sulfide) groups is 1. The van der Waals surface area contributed by atoms with Crippen LogP contribution in [-0.4, -0.2) is 32.9 Å². The van der Waals surface area contributed by atoms with Gasteiger partial charge in [0.25, 0.3) is 5.91 Å². The molecule has 0 spiro atoms. The summed E-state index contributed by atoms with van der Waals surface area (Å²) in [5.41, 5.74) is 4.85. The number of carbonyl (C=O) groups is 1. The van der Waals surface area contributed by atoms with E-state index in [2.05, 4.69) is 20.5 Å². The summed E-state index contributed by atoms with van der Waals surface area (Å²) in [6.07, 6.45) is 1.46. The van der Waals surface area contributed by atoms with Crippen molar-refractivity contribution in [2.45, 2.75) is 5.16 Å². The van der Waals surface area contributed by atoms with Crippen molar-refractivity contribution in [3.63, 3.8) is 0 Å². The van der Waals surface area contributed by atoms with Crippen LogP contribution in [0.15, 0.2) is 70.9 Å². The summed E-state index contributed by atoms with van der Waals surface area (Å²) < 4.78 is 0. The van der Waals surface area contributed by atoms with E-state index in [1.54, 1.807) is 6.07 Å². The molecule has 0 atom stereocenters. The molecule has 4 rings (SSSR count). The Bertz CT molecular complexity index is 1120. The molecule has 1 heterocycles. The number of aromatic hydroxyl groups is 1. The van der Waals surface area contributed by atoms with Crippen molar-refractivity contribution in [3.8, 4) is 5.75 Å². The molecule has 0 aliphatic carbocycles. The lowest BCUT2D eigenvalue weighted by Crippen LogP contribution is -2.19. The normalized spacial score (nSPS) is 11.4. The Labute approximate surface area is 159 Å². The van der Waals surface area contributed by atoms with Gasteiger partial charge in [0.2, 0.25) is 0 Å². The molecule has 134 valence electrons. The molecule has 0 aliphatic heterocycles. The molecule has 1 aromatic heterocycles. The largest absolute Gasteiger partial charge is 0.507 e. The van der Waals surface area contributed by atoms with E-state index in [9.17, 15) is 9.90 Å². The number of amides is 1. The predicted octanol–water partition coefficient (Wildman–Crippen LogP) is 3.66. The van der Waals surface area contributed by atoms with Crippen LogP contribution in [-0.2, 0) is 4.79 Å². The highest BCUT2D eigenvalue weighted by molar-refractivity contribution is 7.99. The van der Waals surface area contributed by atoms with E-state index < -0.39 is 0 Å². The number of aromatic nitrogens is 2. The molecular weight excluding hydrogens is 360 g/mol. The number of hydrazone groups is 1. The van der Waals surface area contributed by atoms with Crippen molar-refractivity contribution in [2.75, 3.05) is 5.75 Å². The predicted molar refractivity (Wildman–Crippen MR) is 108 cm³/mol. The summed E-state index contributed by atoms with van der Waals surface area (Å²) >= 11 is 1.30. The Morgan fingerprint density at radius 1 is 1.15 bits per heavy atom. The number of imidazole rings is 1. The van der Waals surface area contributed by atoms with E-state index in [1.807, 2.05) is 54.6 Å². The van der Waals surface area contributed by atoms with Crippen molar-refractivity contribution < 1.29 is 9.90 Å². The third-order valence-corrected chi connectivity index (χ3v) is 4.91. The molecule has 3 aromatic carbocycles. The molecule has 27 heavy (non-hydrogen) atoms. The lowest BCUT2D eigenvalue weighted by Gasteiger charge is -2.04. The second-order valence-corrected chi connectivity index (χ2v) is 6.82. The summed E-state index contributed by atoms with van der Waals surface area (Å²) in [7, 11) is 0. The molecule has 0 unspecified atom stereocenters. The number of para-hydroxylation sites is 2.